The first-order valence-corrected chi connectivity index (χ1v) is 30.4. The van der Waals surface area contributed by atoms with Gasteiger partial charge in [-0.05, 0) is 110 Å². The highest BCUT2D eigenvalue weighted by molar-refractivity contribution is 7.97. The van der Waals surface area contributed by atoms with Gasteiger partial charge in [-0.2, -0.15) is 55.3 Å². The molecular formula is C52H61F9N6O12S3. The summed E-state index contributed by atoms with van der Waals surface area (Å²) < 4.78 is 229. The molecule has 0 saturated carbocycles. The van der Waals surface area contributed by atoms with Crippen LogP contribution in [0.1, 0.15) is 119 Å². The monoisotopic (exact) mass is 1230 g/mol. The Hall–Kier alpha value is -6.06. The van der Waals surface area contributed by atoms with Crippen LogP contribution >= 0.6 is 0 Å². The van der Waals surface area contributed by atoms with E-state index in [0.717, 1.165) is 0 Å². The number of esters is 3. The van der Waals surface area contributed by atoms with E-state index in [2.05, 4.69) is 0 Å². The van der Waals surface area contributed by atoms with Crippen molar-refractivity contribution >= 4 is 47.4 Å². The standard InChI is InChI=1S/C52H61F9N6O12S3/c1-47(2)19-32(35(25-62)38(22-47)65-13-7-8-14-65)41(80(71,72)50(53,54)55)44(68)77-28-31(29-78-45(69)42(81(73,74)51(56,57)58)33-20-48(3,4)23-39(36(33)26-63)66-15-9-10-16-66)30-79-46(70)43(82(75,76)52(59,60)61)34-21-49(5,6)24-40(37(34)27-64)67-17-11-12-18-67/h31H,7-24,28-30H2,1-6H3/b41-32-,42-33-,43-34-. The number of allylic oxidation sites excluding steroid dienone is 9. The van der Waals surface area contributed by atoms with Crippen LogP contribution in [0.15, 0.2) is 65.2 Å². The van der Waals surface area contributed by atoms with Crippen LogP contribution in [0.4, 0.5) is 39.5 Å². The molecule has 0 unspecified atom stereocenters. The van der Waals surface area contributed by atoms with Crippen LogP contribution in [0.25, 0.3) is 0 Å². The normalized spacial score (nSPS) is 22.9. The van der Waals surface area contributed by atoms with Crippen molar-refractivity contribution in [3.8, 4) is 18.2 Å². The van der Waals surface area contributed by atoms with Gasteiger partial charge in [0, 0.05) is 56.4 Å². The molecule has 0 aromatic carbocycles. The van der Waals surface area contributed by atoms with E-state index in [1.54, 1.807) is 32.9 Å². The summed E-state index contributed by atoms with van der Waals surface area (Å²) in [6, 6.07) is 5.09. The lowest BCUT2D eigenvalue weighted by Gasteiger charge is -2.37. The third kappa shape index (κ3) is 13.5. The molecule has 0 bridgehead atoms. The summed E-state index contributed by atoms with van der Waals surface area (Å²) in [4.78, 5) is 41.3. The lowest BCUT2D eigenvalue weighted by molar-refractivity contribution is -0.148. The number of nitriles is 3. The molecule has 3 heterocycles. The van der Waals surface area contributed by atoms with Crippen LogP contribution in [-0.2, 0) is 58.1 Å². The number of halogens is 9. The largest absolute Gasteiger partial charge is 0.502 e. The molecule has 3 saturated heterocycles. The van der Waals surface area contributed by atoms with E-state index in [-0.39, 0.29) is 75.6 Å². The molecule has 82 heavy (non-hydrogen) atoms. The Kier molecular flexibility index (Phi) is 18.7. The Morgan fingerprint density at radius 2 is 0.646 bits per heavy atom. The lowest BCUT2D eigenvalue weighted by Crippen LogP contribution is -2.37. The minimum absolute atomic E-state index is 0.0163. The number of rotatable bonds is 15. The molecular weight excluding hydrogens is 1170 g/mol. The third-order valence-electron chi connectivity index (χ3n) is 14.9. The van der Waals surface area contributed by atoms with Gasteiger partial charge in [-0.3, -0.25) is 0 Å². The Morgan fingerprint density at radius 1 is 0.439 bits per heavy atom. The zero-order chi connectivity index (χ0) is 61.6. The van der Waals surface area contributed by atoms with Gasteiger partial charge < -0.3 is 28.9 Å². The fraction of sp³-hybridized carbons (Fsp3) is 0.654. The number of nitrogens with zero attached hydrogens (tertiary/aromatic N) is 6. The molecule has 3 aliphatic heterocycles. The molecule has 0 aromatic heterocycles. The van der Waals surface area contributed by atoms with Crippen molar-refractivity contribution in [2.24, 2.45) is 22.2 Å². The molecule has 0 N–H and O–H groups in total. The van der Waals surface area contributed by atoms with Gasteiger partial charge in [-0.25, -0.2) is 39.6 Å². The zero-order valence-electron chi connectivity index (χ0n) is 45.6. The van der Waals surface area contributed by atoms with Gasteiger partial charge in [0.2, 0.25) is 0 Å². The molecule has 6 rings (SSSR count). The predicted molar refractivity (Wildman–Crippen MR) is 272 cm³/mol. The number of ether oxygens (including phenoxy) is 3. The van der Waals surface area contributed by atoms with Crippen LogP contribution in [0, 0.1) is 56.2 Å². The van der Waals surface area contributed by atoms with Gasteiger partial charge in [0.25, 0.3) is 29.5 Å². The highest BCUT2D eigenvalue weighted by Crippen LogP contribution is 2.50. The Morgan fingerprint density at radius 3 is 0.829 bits per heavy atom. The second-order valence-corrected chi connectivity index (χ2v) is 29.0. The van der Waals surface area contributed by atoms with Gasteiger partial charge in [0.15, 0.2) is 14.7 Å². The first kappa shape index (κ1) is 65.1. The topological polar surface area (TPSA) is 262 Å². The van der Waals surface area contributed by atoms with Crippen molar-refractivity contribution < 1.29 is 93.4 Å². The second-order valence-electron chi connectivity index (χ2n) is 23.4. The molecule has 0 atom stereocenters. The van der Waals surface area contributed by atoms with Crippen molar-refractivity contribution in [3.05, 3.63) is 65.2 Å². The summed E-state index contributed by atoms with van der Waals surface area (Å²) in [5.74, 6) is -9.38. The number of alkyl halides is 9. The molecule has 3 aliphatic carbocycles. The third-order valence-corrected chi connectivity index (χ3v) is 19.6. The lowest BCUT2D eigenvalue weighted by atomic mass is 9.73. The zero-order valence-corrected chi connectivity index (χ0v) is 48.1. The van der Waals surface area contributed by atoms with Gasteiger partial charge in [-0.15, -0.1) is 0 Å². The van der Waals surface area contributed by atoms with E-state index in [9.17, 15) is 94.9 Å². The maximum atomic E-state index is 14.7. The number of carbonyl (C=O) groups is 3. The molecule has 3 fully saturated rings. The van der Waals surface area contributed by atoms with E-state index < -0.39 is 173 Å². The molecule has 30 heteroatoms. The van der Waals surface area contributed by atoms with E-state index in [4.69, 9.17) is 14.2 Å². The van der Waals surface area contributed by atoms with Crippen molar-refractivity contribution in [2.75, 3.05) is 59.1 Å². The Balaban J connectivity index is 1.52. The quantitative estimate of drug-likeness (QED) is 0.0641. The van der Waals surface area contributed by atoms with Gasteiger partial charge in [0.05, 0.1) is 22.6 Å². The predicted octanol–water partition coefficient (Wildman–Crippen LogP) is 8.88. The van der Waals surface area contributed by atoms with Gasteiger partial charge >= 0.3 is 34.4 Å². The highest BCUT2D eigenvalue weighted by Gasteiger charge is 2.57. The molecule has 452 valence electrons. The van der Waals surface area contributed by atoms with Crippen LogP contribution in [0.2, 0.25) is 0 Å². The van der Waals surface area contributed by atoms with Crippen LogP contribution in [-0.4, -0.2) is 133 Å². The van der Waals surface area contributed by atoms with E-state index >= 15 is 0 Å². The summed E-state index contributed by atoms with van der Waals surface area (Å²) in [7, 11) is -20.5. The molecule has 18 nitrogen and oxygen atoms in total. The minimum Gasteiger partial charge on any atom is -0.461 e. The number of hydrogen-bond donors (Lipinski definition) is 0. The van der Waals surface area contributed by atoms with Crippen LogP contribution < -0.4 is 0 Å². The first-order valence-electron chi connectivity index (χ1n) is 26.0. The van der Waals surface area contributed by atoms with Crippen LogP contribution in [0.3, 0.4) is 0 Å². The Labute approximate surface area is 469 Å². The van der Waals surface area contributed by atoms with Gasteiger partial charge in [0.1, 0.15) is 38.0 Å². The summed E-state index contributed by atoms with van der Waals surface area (Å²) >= 11 is 0. The van der Waals surface area contributed by atoms with Crippen LogP contribution in [0.5, 0.6) is 0 Å². The van der Waals surface area contributed by atoms with Crippen molar-refractivity contribution in [1.82, 2.24) is 14.7 Å². The fourth-order valence-corrected chi connectivity index (χ4v) is 14.3. The molecule has 0 aromatic rings. The van der Waals surface area contributed by atoms with E-state index in [1.165, 1.54) is 41.5 Å². The summed E-state index contributed by atoms with van der Waals surface area (Å²) in [5.41, 5.74) is -26.8. The smallest absolute Gasteiger partial charge is 0.461 e. The minimum atomic E-state index is -6.84. The van der Waals surface area contributed by atoms with E-state index in [1.807, 2.05) is 0 Å². The second kappa shape index (κ2) is 23.5. The summed E-state index contributed by atoms with van der Waals surface area (Å²) in [5, 5.41) is 31.2. The molecule has 0 amide bonds. The van der Waals surface area contributed by atoms with Gasteiger partial charge in [-0.1, -0.05) is 41.5 Å². The molecule has 6 aliphatic rings. The first-order chi connectivity index (χ1) is 37.7. The molecule has 0 radical (unpaired) electrons. The Bertz CT molecular complexity index is 2970. The summed E-state index contributed by atoms with van der Waals surface area (Å²) in [6.07, 6.45) is 1.43. The number of carbonyl (C=O) groups excluding carboxylic acids is 3. The maximum Gasteiger partial charge on any atom is 0.502 e. The number of hydrogen-bond acceptors (Lipinski definition) is 18. The van der Waals surface area contributed by atoms with Crippen molar-refractivity contribution in [1.29, 1.82) is 15.8 Å². The highest BCUT2D eigenvalue weighted by atomic mass is 32.2. The van der Waals surface area contributed by atoms with Crippen molar-refractivity contribution in [3.63, 3.8) is 0 Å². The summed E-state index contributed by atoms with van der Waals surface area (Å²) in [6.45, 7) is 5.76. The number of sulfone groups is 3. The average Bonchev–Trinajstić information content (AvgIpc) is 4.18. The SMILES string of the molecule is CC1(C)CC(N2CCCC2)=C(C#N)/C(=C(/C(=O)OCC(COC(=O)/C(=C2\CC(C)(C)CC(N3CCCC3)=C2C#N)S(=O)(=O)C(F)(F)F)COC(=O)/C(=C2\CC(C)(C)CC(N3CCCC3)=C2C#N)S(=O)(=O)C(F)(F)F)S(=O)(=O)C(F)(F)F)C1. The molecule has 0 spiro atoms. The fourth-order valence-electron chi connectivity index (χ4n) is 11.2. The number of likely N-dealkylation sites (tertiary alicyclic amines) is 3. The van der Waals surface area contributed by atoms with Crippen molar-refractivity contribution in [2.45, 2.75) is 135 Å². The van der Waals surface area contributed by atoms with E-state index in [0.29, 0.717) is 38.5 Å². The average molecular weight is 1230 g/mol. The maximum absolute atomic E-state index is 14.7.